The quantitative estimate of drug-likeness (QED) is 0.737. The third-order valence-corrected chi connectivity index (χ3v) is 2.83. The first-order valence-corrected chi connectivity index (χ1v) is 6.01. The topological polar surface area (TPSA) is 57.8 Å². The van der Waals surface area contributed by atoms with Crippen molar-refractivity contribution in [3.63, 3.8) is 0 Å². The summed E-state index contributed by atoms with van der Waals surface area (Å²) in [5.74, 6) is 1.57. The number of nitrogens with zero attached hydrogens (tertiary/aromatic N) is 1. The predicted molar refractivity (Wildman–Crippen MR) is 57.5 cm³/mol. The highest BCUT2D eigenvalue weighted by molar-refractivity contribution is 7.97. The molecule has 1 aliphatic rings. The van der Waals surface area contributed by atoms with Gasteiger partial charge >= 0.3 is 0 Å². The maximum absolute atomic E-state index is 11.6. The van der Waals surface area contributed by atoms with Gasteiger partial charge in [-0.1, -0.05) is 0 Å². The van der Waals surface area contributed by atoms with Gasteiger partial charge in [-0.2, -0.15) is 11.8 Å². The molecule has 0 fully saturated rings. The van der Waals surface area contributed by atoms with Gasteiger partial charge in [-0.25, -0.2) is 4.98 Å². The van der Waals surface area contributed by atoms with Gasteiger partial charge in [0.1, 0.15) is 5.82 Å². The molecule has 1 aliphatic heterocycles. The molecule has 5 heteroatoms. The third-order valence-electron chi connectivity index (χ3n) is 2.27. The van der Waals surface area contributed by atoms with Crippen LogP contribution in [0.2, 0.25) is 0 Å². The van der Waals surface area contributed by atoms with E-state index in [1.807, 2.05) is 6.26 Å². The molecular weight excluding hydrogens is 198 g/mol. The molecule has 0 spiro atoms. The smallest absolute Gasteiger partial charge is 0.255 e. The Morgan fingerprint density at radius 3 is 3.21 bits per heavy atom. The molecule has 76 valence electrons. The molecule has 0 radical (unpaired) electrons. The van der Waals surface area contributed by atoms with Gasteiger partial charge in [-0.05, 0) is 6.26 Å². The Hall–Kier alpha value is -0.810. The molecule has 0 aromatic carbocycles. The summed E-state index contributed by atoms with van der Waals surface area (Å²) in [5.41, 5.74) is 1.80. The average molecular weight is 211 g/mol. The summed E-state index contributed by atoms with van der Waals surface area (Å²) < 4.78 is 0. The van der Waals surface area contributed by atoms with Crippen molar-refractivity contribution in [1.29, 1.82) is 0 Å². The van der Waals surface area contributed by atoms with Crippen LogP contribution >= 0.6 is 11.8 Å². The van der Waals surface area contributed by atoms with Crippen molar-refractivity contribution < 1.29 is 0 Å². The van der Waals surface area contributed by atoms with Crippen LogP contribution in [0.1, 0.15) is 17.1 Å². The van der Waals surface area contributed by atoms with Crippen molar-refractivity contribution in [2.24, 2.45) is 0 Å². The molecule has 1 aromatic heterocycles. The summed E-state index contributed by atoms with van der Waals surface area (Å²) in [6.07, 6.45) is 2.86. The second kappa shape index (κ2) is 4.14. The second-order valence-electron chi connectivity index (χ2n) is 3.30. The molecule has 0 atom stereocenters. The van der Waals surface area contributed by atoms with E-state index in [0.717, 1.165) is 35.8 Å². The molecule has 2 N–H and O–H groups in total. The number of aromatic nitrogens is 2. The largest absolute Gasteiger partial charge is 0.312 e. The predicted octanol–water partition coefficient (Wildman–Crippen LogP) is 0.279. The van der Waals surface area contributed by atoms with Crippen molar-refractivity contribution in [3.05, 3.63) is 27.4 Å². The summed E-state index contributed by atoms with van der Waals surface area (Å²) in [6.45, 7) is 1.57. The molecule has 14 heavy (non-hydrogen) atoms. The van der Waals surface area contributed by atoms with Crippen LogP contribution in [0.5, 0.6) is 0 Å². The fourth-order valence-corrected chi connectivity index (χ4v) is 2.02. The number of hydrogen-bond acceptors (Lipinski definition) is 4. The first-order valence-electron chi connectivity index (χ1n) is 4.62. The highest BCUT2D eigenvalue weighted by Crippen LogP contribution is 2.08. The highest BCUT2D eigenvalue weighted by Gasteiger charge is 2.14. The summed E-state index contributed by atoms with van der Waals surface area (Å²) in [6, 6.07) is 0. The Labute approximate surface area is 86.5 Å². The fraction of sp³-hybridized carbons (Fsp3) is 0.556. The lowest BCUT2D eigenvalue weighted by Crippen LogP contribution is -2.32. The Bertz CT molecular complexity index is 388. The maximum atomic E-state index is 11.6. The van der Waals surface area contributed by atoms with Gasteiger partial charge in [0, 0.05) is 19.5 Å². The van der Waals surface area contributed by atoms with Gasteiger partial charge in [0.05, 0.1) is 17.0 Å². The molecule has 0 aliphatic carbocycles. The van der Waals surface area contributed by atoms with Crippen LogP contribution in [0.3, 0.4) is 0 Å². The minimum absolute atomic E-state index is 0.0197. The van der Waals surface area contributed by atoms with E-state index in [1.165, 1.54) is 0 Å². The van der Waals surface area contributed by atoms with Crippen LogP contribution < -0.4 is 10.9 Å². The van der Waals surface area contributed by atoms with E-state index in [1.54, 1.807) is 11.8 Å². The third kappa shape index (κ3) is 1.83. The zero-order chi connectivity index (χ0) is 9.97. The van der Waals surface area contributed by atoms with E-state index < -0.39 is 0 Å². The van der Waals surface area contributed by atoms with Crippen LogP contribution in [0.25, 0.3) is 0 Å². The number of thioether (sulfide) groups is 1. The van der Waals surface area contributed by atoms with Crippen molar-refractivity contribution >= 4 is 11.8 Å². The lowest BCUT2D eigenvalue weighted by Gasteiger charge is -2.15. The zero-order valence-electron chi connectivity index (χ0n) is 8.09. The van der Waals surface area contributed by atoms with E-state index >= 15 is 0 Å². The van der Waals surface area contributed by atoms with Crippen LogP contribution in [0.15, 0.2) is 4.79 Å². The zero-order valence-corrected chi connectivity index (χ0v) is 8.91. The van der Waals surface area contributed by atoms with Gasteiger partial charge in [-0.15, -0.1) is 0 Å². The number of H-pyrrole nitrogens is 1. The number of fused-ring (bicyclic) bond motifs is 1. The molecule has 0 bridgehead atoms. The lowest BCUT2D eigenvalue weighted by molar-refractivity contribution is 0.616. The normalized spacial score (nSPS) is 15.2. The van der Waals surface area contributed by atoms with Crippen molar-refractivity contribution in [1.82, 2.24) is 15.3 Å². The maximum Gasteiger partial charge on any atom is 0.255 e. The number of aromatic amines is 1. The lowest BCUT2D eigenvalue weighted by atomic mass is 10.1. The molecule has 0 unspecified atom stereocenters. The monoisotopic (exact) mass is 211 g/mol. The van der Waals surface area contributed by atoms with E-state index in [4.69, 9.17) is 0 Å². The summed E-state index contributed by atoms with van der Waals surface area (Å²) in [5, 5.41) is 3.17. The Balaban J connectivity index is 2.41. The first kappa shape index (κ1) is 9.73. The summed E-state index contributed by atoms with van der Waals surface area (Å²) in [7, 11) is 0. The van der Waals surface area contributed by atoms with Crippen LogP contribution in [0, 0.1) is 0 Å². The van der Waals surface area contributed by atoms with Gasteiger partial charge in [0.2, 0.25) is 0 Å². The van der Waals surface area contributed by atoms with E-state index in [0.29, 0.717) is 6.54 Å². The van der Waals surface area contributed by atoms with E-state index in [9.17, 15) is 4.79 Å². The molecule has 0 saturated heterocycles. The van der Waals surface area contributed by atoms with E-state index in [-0.39, 0.29) is 5.56 Å². The standard InChI is InChI=1S/C9H13N3OS/c1-14-5-8-11-7-2-3-10-4-6(7)9(13)12-8/h10H,2-5H2,1H3,(H,11,12,13). The van der Waals surface area contributed by atoms with Gasteiger partial charge in [0.25, 0.3) is 5.56 Å². The number of rotatable bonds is 2. The van der Waals surface area contributed by atoms with E-state index in [2.05, 4.69) is 15.3 Å². The van der Waals surface area contributed by atoms with Crippen LogP contribution in [0.4, 0.5) is 0 Å². The summed E-state index contributed by atoms with van der Waals surface area (Å²) >= 11 is 1.67. The molecule has 4 nitrogen and oxygen atoms in total. The molecular formula is C9H13N3OS. The minimum atomic E-state index is 0.0197. The highest BCUT2D eigenvalue weighted by atomic mass is 32.2. The first-order chi connectivity index (χ1) is 6.81. The van der Waals surface area contributed by atoms with Crippen molar-refractivity contribution in [2.75, 3.05) is 12.8 Å². The molecule has 0 amide bonds. The molecule has 2 rings (SSSR count). The average Bonchev–Trinajstić information content (AvgIpc) is 2.18. The van der Waals surface area contributed by atoms with Gasteiger partial charge in [-0.3, -0.25) is 4.79 Å². The molecule has 2 heterocycles. The minimum Gasteiger partial charge on any atom is -0.312 e. The van der Waals surface area contributed by atoms with Crippen LogP contribution in [-0.4, -0.2) is 22.8 Å². The SMILES string of the molecule is CSCc1nc2c(c(=O)[nH]1)CNCC2. The van der Waals surface area contributed by atoms with Crippen LogP contribution in [-0.2, 0) is 18.7 Å². The molecule has 1 aromatic rings. The van der Waals surface area contributed by atoms with Gasteiger partial charge < -0.3 is 10.3 Å². The Morgan fingerprint density at radius 1 is 1.57 bits per heavy atom. The second-order valence-corrected chi connectivity index (χ2v) is 4.16. The molecule has 0 saturated carbocycles. The van der Waals surface area contributed by atoms with Crippen molar-refractivity contribution in [2.45, 2.75) is 18.7 Å². The van der Waals surface area contributed by atoms with Crippen molar-refractivity contribution in [3.8, 4) is 0 Å². The number of nitrogens with one attached hydrogen (secondary N) is 2. The van der Waals surface area contributed by atoms with Gasteiger partial charge in [0.15, 0.2) is 0 Å². The Kier molecular flexibility index (Phi) is 2.88. The Morgan fingerprint density at radius 2 is 2.43 bits per heavy atom. The summed E-state index contributed by atoms with van der Waals surface area (Å²) in [4.78, 5) is 18.9. The number of hydrogen-bond donors (Lipinski definition) is 2. The fourth-order valence-electron chi connectivity index (χ4n) is 1.61.